The van der Waals surface area contributed by atoms with Gasteiger partial charge in [-0.25, -0.2) is 4.98 Å². The van der Waals surface area contributed by atoms with Crippen LogP contribution < -0.4 is 0 Å². The second-order valence-corrected chi connectivity index (χ2v) is 12.5. The third-order valence-corrected chi connectivity index (χ3v) is 9.62. The second-order valence-electron chi connectivity index (χ2n) is 12.5. The van der Waals surface area contributed by atoms with Crippen LogP contribution in [0.2, 0.25) is 0 Å². The third-order valence-electron chi connectivity index (χ3n) is 9.62. The van der Waals surface area contributed by atoms with Gasteiger partial charge >= 0.3 is 0 Å². The minimum atomic E-state index is 0.595. The Hall–Kier alpha value is -6.65. The average Bonchev–Trinajstić information content (AvgIpc) is 3.53. The molecular weight excluding hydrogens is 597 g/mol. The molecule has 49 heavy (non-hydrogen) atoms. The largest absolute Gasteiger partial charge is 0.278 e. The van der Waals surface area contributed by atoms with E-state index >= 15 is 0 Å². The second kappa shape index (κ2) is 11.0. The number of aromatic nitrogens is 4. The molecule has 2 aromatic heterocycles. The molecule has 0 bridgehead atoms. The quantitative estimate of drug-likeness (QED) is 0.183. The van der Waals surface area contributed by atoms with Gasteiger partial charge in [0, 0.05) is 21.9 Å². The monoisotopic (exact) mass is 624 g/mol. The van der Waals surface area contributed by atoms with Crippen LogP contribution in [0.4, 0.5) is 0 Å². The van der Waals surface area contributed by atoms with Gasteiger partial charge in [0.1, 0.15) is 0 Å². The van der Waals surface area contributed by atoms with Crippen molar-refractivity contribution in [3.05, 3.63) is 170 Å². The van der Waals surface area contributed by atoms with Crippen LogP contribution in [-0.2, 0) is 0 Å². The maximum atomic E-state index is 5.10. The average molecular weight is 625 g/mol. The fourth-order valence-corrected chi connectivity index (χ4v) is 7.37. The van der Waals surface area contributed by atoms with Crippen LogP contribution in [0.3, 0.4) is 0 Å². The molecule has 0 atom stereocenters. The highest BCUT2D eigenvalue weighted by molar-refractivity contribution is 6.22. The van der Waals surface area contributed by atoms with Gasteiger partial charge in [-0.3, -0.25) is 4.57 Å². The number of para-hydroxylation sites is 1. The van der Waals surface area contributed by atoms with E-state index in [1.54, 1.807) is 0 Å². The Balaban J connectivity index is 1.22. The Labute approximate surface area is 282 Å². The summed E-state index contributed by atoms with van der Waals surface area (Å²) in [4.78, 5) is 15.1. The molecule has 0 aliphatic carbocycles. The molecule has 0 N–H and O–H groups in total. The van der Waals surface area contributed by atoms with Crippen LogP contribution >= 0.6 is 0 Å². The number of benzene rings is 8. The predicted molar refractivity (Wildman–Crippen MR) is 203 cm³/mol. The van der Waals surface area contributed by atoms with Gasteiger partial charge in [0.05, 0.1) is 11.0 Å². The smallest absolute Gasteiger partial charge is 0.238 e. The molecule has 8 aromatic carbocycles. The highest BCUT2D eigenvalue weighted by Gasteiger charge is 2.19. The number of rotatable bonds is 4. The Morgan fingerprint density at radius 3 is 1.67 bits per heavy atom. The van der Waals surface area contributed by atoms with Gasteiger partial charge in [0.15, 0.2) is 11.6 Å². The van der Waals surface area contributed by atoms with Crippen LogP contribution in [0.25, 0.3) is 94.0 Å². The van der Waals surface area contributed by atoms with E-state index in [4.69, 9.17) is 15.0 Å². The van der Waals surface area contributed by atoms with E-state index in [0.717, 1.165) is 27.5 Å². The molecular formula is C45H28N4. The lowest BCUT2D eigenvalue weighted by molar-refractivity contribution is 0.953. The Morgan fingerprint density at radius 2 is 0.939 bits per heavy atom. The van der Waals surface area contributed by atoms with Crippen molar-refractivity contribution in [3.8, 4) is 39.9 Å². The molecule has 10 aromatic rings. The lowest BCUT2D eigenvalue weighted by Gasteiger charge is -2.13. The van der Waals surface area contributed by atoms with Crippen LogP contribution in [0.1, 0.15) is 0 Å². The fraction of sp³-hybridized carbons (Fsp3) is 0. The predicted octanol–water partition coefficient (Wildman–Crippen LogP) is 11.4. The Bertz CT molecular complexity index is 2820. The van der Waals surface area contributed by atoms with Crippen molar-refractivity contribution >= 4 is 54.1 Å². The molecule has 0 spiro atoms. The molecule has 10 rings (SSSR count). The summed E-state index contributed by atoms with van der Waals surface area (Å²) < 4.78 is 2.19. The number of hydrogen-bond donors (Lipinski definition) is 0. The van der Waals surface area contributed by atoms with Crippen molar-refractivity contribution in [1.29, 1.82) is 0 Å². The zero-order valence-corrected chi connectivity index (χ0v) is 26.5. The normalized spacial score (nSPS) is 11.7. The Kier molecular flexibility index (Phi) is 6.15. The van der Waals surface area contributed by atoms with E-state index in [2.05, 4.69) is 114 Å². The lowest BCUT2D eigenvalue weighted by Crippen LogP contribution is -2.06. The van der Waals surface area contributed by atoms with Crippen LogP contribution in [0.5, 0.6) is 0 Å². The summed E-state index contributed by atoms with van der Waals surface area (Å²) in [6, 6.07) is 59.9. The van der Waals surface area contributed by atoms with Crippen molar-refractivity contribution in [3.63, 3.8) is 0 Å². The number of hydrogen-bond acceptors (Lipinski definition) is 3. The minimum absolute atomic E-state index is 0.595. The zero-order valence-electron chi connectivity index (χ0n) is 26.5. The van der Waals surface area contributed by atoms with Gasteiger partial charge in [-0.15, -0.1) is 0 Å². The first-order valence-corrected chi connectivity index (χ1v) is 16.5. The first-order chi connectivity index (χ1) is 24.3. The minimum Gasteiger partial charge on any atom is -0.278 e. The van der Waals surface area contributed by atoms with E-state index in [9.17, 15) is 0 Å². The van der Waals surface area contributed by atoms with Crippen LogP contribution in [0.15, 0.2) is 170 Å². The summed E-state index contributed by atoms with van der Waals surface area (Å²) in [5.74, 6) is 1.88. The molecule has 4 nitrogen and oxygen atoms in total. The molecule has 2 heterocycles. The lowest BCUT2D eigenvalue weighted by atomic mass is 9.92. The Morgan fingerprint density at radius 1 is 0.347 bits per heavy atom. The molecule has 0 amide bonds. The van der Waals surface area contributed by atoms with E-state index in [1.165, 1.54) is 48.8 Å². The molecule has 0 fully saturated rings. The van der Waals surface area contributed by atoms with Gasteiger partial charge in [-0.1, -0.05) is 146 Å². The van der Waals surface area contributed by atoms with E-state index in [-0.39, 0.29) is 0 Å². The van der Waals surface area contributed by atoms with Crippen molar-refractivity contribution in [2.24, 2.45) is 0 Å². The van der Waals surface area contributed by atoms with Crippen LogP contribution in [-0.4, -0.2) is 19.5 Å². The van der Waals surface area contributed by atoms with Crippen molar-refractivity contribution in [2.45, 2.75) is 0 Å². The van der Waals surface area contributed by atoms with Gasteiger partial charge in [-0.2, -0.15) is 9.97 Å². The summed E-state index contributed by atoms with van der Waals surface area (Å²) in [7, 11) is 0. The van der Waals surface area contributed by atoms with Crippen molar-refractivity contribution in [2.75, 3.05) is 0 Å². The molecule has 0 unspecified atom stereocenters. The summed E-state index contributed by atoms with van der Waals surface area (Å²) in [5.41, 5.74) is 6.45. The SMILES string of the molecule is c1ccc(-c2nc(-c3ccccc3)nc(-n3c4ccccc4c4c5ccc(-c6cc7ccccc7c7ccccc67)cc5ccc43)n2)cc1. The topological polar surface area (TPSA) is 43.6 Å². The van der Waals surface area contributed by atoms with Gasteiger partial charge in [-0.05, 0) is 67.7 Å². The van der Waals surface area contributed by atoms with E-state index in [0.29, 0.717) is 17.6 Å². The van der Waals surface area contributed by atoms with E-state index < -0.39 is 0 Å². The van der Waals surface area contributed by atoms with Gasteiger partial charge in [0.2, 0.25) is 5.95 Å². The third kappa shape index (κ3) is 4.42. The van der Waals surface area contributed by atoms with E-state index in [1.807, 2.05) is 60.7 Å². The summed E-state index contributed by atoms with van der Waals surface area (Å²) in [5, 5.41) is 9.80. The molecule has 4 heteroatoms. The highest BCUT2D eigenvalue weighted by atomic mass is 15.2. The summed E-state index contributed by atoms with van der Waals surface area (Å²) in [6.45, 7) is 0. The molecule has 228 valence electrons. The standard InChI is InChI=1S/C45H28N4/c1-3-13-29(14-4-1)43-46-44(30-15-5-2-6-16-30)48-45(47-43)49-40-22-12-11-21-38(40)42-35-25-23-33(27-32(35)24-26-41(42)49)39-28-31-17-7-8-18-34(31)36-19-9-10-20-37(36)39/h1-28H. The maximum absolute atomic E-state index is 5.10. The highest BCUT2D eigenvalue weighted by Crippen LogP contribution is 2.40. The number of nitrogens with zero attached hydrogens (tertiary/aromatic N) is 4. The molecule has 0 saturated heterocycles. The van der Waals surface area contributed by atoms with Gasteiger partial charge in [0.25, 0.3) is 0 Å². The fourth-order valence-electron chi connectivity index (χ4n) is 7.37. The number of fused-ring (bicyclic) bond motifs is 8. The van der Waals surface area contributed by atoms with Gasteiger partial charge < -0.3 is 0 Å². The van der Waals surface area contributed by atoms with Crippen molar-refractivity contribution < 1.29 is 0 Å². The maximum Gasteiger partial charge on any atom is 0.238 e. The first-order valence-electron chi connectivity index (χ1n) is 16.5. The molecule has 0 saturated carbocycles. The van der Waals surface area contributed by atoms with Crippen molar-refractivity contribution in [1.82, 2.24) is 19.5 Å². The van der Waals surface area contributed by atoms with Crippen LogP contribution in [0, 0.1) is 0 Å². The molecule has 0 radical (unpaired) electrons. The zero-order chi connectivity index (χ0) is 32.3. The summed E-state index contributed by atoms with van der Waals surface area (Å²) >= 11 is 0. The molecule has 0 aliphatic rings. The first kappa shape index (κ1) is 27.5. The summed E-state index contributed by atoms with van der Waals surface area (Å²) in [6.07, 6.45) is 0. The molecule has 0 aliphatic heterocycles.